The number of methoxy groups -OCH3 is 1. The number of halogens is 1. The molecule has 134 valence electrons. The highest BCUT2D eigenvalue weighted by atomic mass is 35.5. The maximum absolute atomic E-state index is 12.6. The van der Waals surface area contributed by atoms with Crippen molar-refractivity contribution in [1.82, 2.24) is 10.2 Å². The molecule has 1 amide bonds. The molecule has 0 radical (unpaired) electrons. The van der Waals surface area contributed by atoms with Crippen molar-refractivity contribution in [3.05, 3.63) is 29.3 Å². The second-order valence-electron chi connectivity index (χ2n) is 6.14. The van der Waals surface area contributed by atoms with Crippen LogP contribution in [0.15, 0.2) is 18.2 Å². The Hall–Kier alpha value is -1.59. The highest BCUT2D eigenvalue weighted by Crippen LogP contribution is 2.23. The minimum atomic E-state index is -0.00534. The van der Waals surface area contributed by atoms with Gasteiger partial charge >= 0.3 is 0 Å². The predicted octanol–water partition coefficient (Wildman–Crippen LogP) is 2.32. The molecule has 0 bridgehead atoms. The number of nitrogens with zero attached hydrogens (tertiary/aromatic N) is 1. The van der Waals surface area contributed by atoms with Crippen LogP contribution in [0, 0.1) is 5.92 Å². The molecule has 1 saturated heterocycles. The first kappa shape index (κ1) is 20.5. The summed E-state index contributed by atoms with van der Waals surface area (Å²) in [5.41, 5.74) is 1.39. The van der Waals surface area contributed by atoms with Crippen LogP contribution >= 0.6 is 12.4 Å². The molecule has 1 fully saturated rings. The number of ketones is 1. The number of benzene rings is 1. The lowest BCUT2D eigenvalue weighted by Crippen LogP contribution is -2.41. The Kier molecular flexibility index (Phi) is 8.22. The number of nitrogens with one attached hydrogen (secondary N) is 1. The maximum Gasteiger partial charge on any atom is 0.227 e. The second kappa shape index (κ2) is 9.64. The van der Waals surface area contributed by atoms with Gasteiger partial charge < -0.3 is 15.0 Å². The van der Waals surface area contributed by atoms with Gasteiger partial charge in [-0.2, -0.15) is 0 Å². The molecule has 0 aromatic heterocycles. The summed E-state index contributed by atoms with van der Waals surface area (Å²) in [6.45, 7) is 4.15. The normalized spacial score (nSPS) is 14.9. The minimum absolute atomic E-state index is 0. The maximum atomic E-state index is 12.6. The Morgan fingerprint density at radius 1 is 1.29 bits per heavy atom. The number of Topliss-reactive ketones (excluding diaryl/α,β-unsaturated/α-hetero) is 1. The summed E-state index contributed by atoms with van der Waals surface area (Å²) in [6.07, 6.45) is 2.36. The van der Waals surface area contributed by atoms with Crippen LogP contribution in [0.3, 0.4) is 0 Å². The minimum Gasteiger partial charge on any atom is -0.496 e. The van der Waals surface area contributed by atoms with Gasteiger partial charge in [0.15, 0.2) is 5.78 Å². The first-order valence-electron chi connectivity index (χ1n) is 8.15. The third kappa shape index (κ3) is 5.21. The van der Waals surface area contributed by atoms with Gasteiger partial charge in [-0.05, 0) is 57.5 Å². The van der Waals surface area contributed by atoms with E-state index in [-0.39, 0.29) is 30.5 Å². The molecule has 1 N–H and O–H groups in total. The smallest absolute Gasteiger partial charge is 0.227 e. The largest absolute Gasteiger partial charge is 0.496 e. The molecule has 24 heavy (non-hydrogen) atoms. The van der Waals surface area contributed by atoms with Crippen LogP contribution in [0.1, 0.15) is 35.7 Å². The van der Waals surface area contributed by atoms with Crippen LogP contribution in [0.2, 0.25) is 0 Å². The standard InChI is InChI=1S/C18H26N2O3.ClH/c1-13(21)15-4-5-17(23-3)16(10-15)11-18(22)20-8-6-14(7-9-20)12-19-2;/h4-5,10,14,19H,6-9,11-12H2,1-3H3;1H. The Morgan fingerprint density at radius 2 is 1.96 bits per heavy atom. The number of hydrogen-bond donors (Lipinski definition) is 1. The molecule has 1 aromatic carbocycles. The Bertz CT molecular complexity index is 569. The molecule has 0 saturated carbocycles. The summed E-state index contributed by atoms with van der Waals surface area (Å²) >= 11 is 0. The lowest BCUT2D eigenvalue weighted by atomic mass is 9.96. The molecule has 0 spiro atoms. The molecule has 1 aromatic rings. The van der Waals surface area contributed by atoms with E-state index < -0.39 is 0 Å². The summed E-state index contributed by atoms with van der Waals surface area (Å²) in [7, 11) is 3.55. The molecule has 6 heteroatoms. The number of ether oxygens (including phenoxy) is 1. The van der Waals surface area contributed by atoms with E-state index in [2.05, 4.69) is 5.32 Å². The van der Waals surface area contributed by atoms with Gasteiger partial charge in [-0.25, -0.2) is 0 Å². The lowest BCUT2D eigenvalue weighted by molar-refractivity contribution is -0.131. The van der Waals surface area contributed by atoms with Gasteiger partial charge in [-0.1, -0.05) is 0 Å². The molecule has 2 rings (SSSR count). The second-order valence-corrected chi connectivity index (χ2v) is 6.14. The van der Waals surface area contributed by atoms with Crippen molar-refractivity contribution < 1.29 is 14.3 Å². The van der Waals surface area contributed by atoms with Crippen molar-refractivity contribution in [2.75, 3.05) is 33.8 Å². The van der Waals surface area contributed by atoms with E-state index in [1.165, 1.54) is 6.92 Å². The van der Waals surface area contributed by atoms with Crippen molar-refractivity contribution in [3.63, 3.8) is 0 Å². The van der Waals surface area contributed by atoms with Crippen LogP contribution < -0.4 is 10.1 Å². The monoisotopic (exact) mass is 354 g/mol. The molecule has 0 aliphatic carbocycles. The SMILES string of the molecule is CNCC1CCN(C(=O)Cc2cc(C(C)=O)ccc2OC)CC1.Cl. The molecule has 5 nitrogen and oxygen atoms in total. The number of rotatable bonds is 6. The zero-order chi connectivity index (χ0) is 16.8. The number of carbonyl (C=O) groups excluding carboxylic acids is 2. The third-order valence-electron chi connectivity index (χ3n) is 4.49. The molecule has 1 aliphatic rings. The molecule has 0 atom stereocenters. The quantitative estimate of drug-likeness (QED) is 0.796. The predicted molar refractivity (Wildman–Crippen MR) is 97.2 cm³/mol. The molecule has 1 heterocycles. The highest BCUT2D eigenvalue weighted by molar-refractivity contribution is 5.94. The topological polar surface area (TPSA) is 58.6 Å². The molecular formula is C18H27ClN2O3. The van der Waals surface area contributed by atoms with E-state index >= 15 is 0 Å². The zero-order valence-corrected chi connectivity index (χ0v) is 15.4. The Morgan fingerprint density at radius 3 is 2.50 bits per heavy atom. The number of piperidine rings is 1. The van der Waals surface area contributed by atoms with E-state index in [0.717, 1.165) is 38.0 Å². The summed E-state index contributed by atoms with van der Waals surface area (Å²) in [5, 5.41) is 3.20. The van der Waals surface area contributed by atoms with Crippen LogP contribution in [-0.4, -0.2) is 50.4 Å². The van der Waals surface area contributed by atoms with Crippen molar-refractivity contribution >= 4 is 24.1 Å². The number of likely N-dealkylation sites (tertiary alicyclic amines) is 1. The molecule has 0 unspecified atom stereocenters. The fourth-order valence-electron chi connectivity index (χ4n) is 3.09. The Labute approximate surface area is 150 Å². The van der Waals surface area contributed by atoms with Gasteiger partial charge in [-0.15, -0.1) is 12.4 Å². The fourth-order valence-corrected chi connectivity index (χ4v) is 3.09. The number of hydrogen-bond acceptors (Lipinski definition) is 4. The summed E-state index contributed by atoms with van der Waals surface area (Å²) in [6, 6.07) is 5.27. The zero-order valence-electron chi connectivity index (χ0n) is 14.6. The van der Waals surface area contributed by atoms with Crippen molar-refractivity contribution in [3.8, 4) is 5.75 Å². The van der Waals surface area contributed by atoms with Crippen LogP contribution in [0.4, 0.5) is 0 Å². The van der Waals surface area contributed by atoms with E-state index in [1.807, 2.05) is 11.9 Å². The average molecular weight is 355 g/mol. The van der Waals surface area contributed by atoms with Gasteiger partial charge in [0.25, 0.3) is 0 Å². The molecule has 1 aliphatic heterocycles. The Balaban J connectivity index is 0.00000288. The van der Waals surface area contributed by atoms with Crippen molar-refractivity contribution in [2.45, 2.75) is 26.2 Å². The summed E-state index contributed by atoms with van der Waals surface area (Å²) in [5.74, 6) is 1.41. The van der Waals surface area contributed by atoms with E-state index in [4.69, 9.17) is 4.74 Å². The van der Waals surface area contributed by atoms with E-state index in [9.17, 15) is 9.59 Å². The van der Waals surface area contributed by atoms with Gasteiger partial charge in [0, 0.05) is 24.2 Å². The van der Waals surface area contributed by atoms with Gasteiger partial charge in [-0.3, -0.25) is 9.59 Å². The lowest BCUT2D eigenvalue weighted by Gasteiger charge is -2.32. The van der Waals surface area contributed by atoms with E-state index in [0.29, 0.717) is 17.2 Å². The van der Waals surface area contributed by atoms with Crippen LogP contribution in [0.25, 0.3) is 0 Å². The van der Waals surface area contributed by atoms with Crippen molar-refractivity contribution in [1.29, 1.82) is 0 Å². The third-order valence-corrected chi connectivity index (χ3v) is 4.49. The van der Waals surface area contributed by atoms with Crippen molar-refractivity contribution in [2.24, 2.45) is 5.92 Å². The first-order chi connectivity index (χ1) is 11.0. The van der Waals surface area contributed by atoms with Gasteiger partial charge in [0.2, 0.25) is 5.91 Å². The fraction of sp³-hybridized carbons (Fsp3) is 0.556. The highest BCUT2D eigenvalue weighted by Gasteiger charge is 2.23. The number of amides is 1. The number of carbonyl (C=O) groups is 2. The summed E-state index contributed by atoms with van der Waals surface area (Å²) < 4.78 is 5.33. The van der Waals surface area contributed by atoms with Gasteiger partial charge in [0.1, 0.15) is 5.75 Å². The van der Waals surface area contributed by atoms with Crippen LogP contribution in [0.5, 0.6) is 5.75 Å². The van der Waals surface area contributed by atoms with E-state index in [1.54, 1.807) is 25.3 Å². The summed E-state index contributed by atoms with van der Waals surface area (Å²) in [4.78, 5) is 26.0. The van der Waals surface area contributed by atoms with Crippen LogP contribution in [-0.2, 0) is 11.2 Å². The average Bonchev–Trinajstić information content (AvgIpc) is 2.55. The van der Waals surface area contributed by atoms with Gasteiger partial charge in [0.05, 0.1) is 13.5 Å². The molecular weight excluding hydrogens is 328 g/mol. The first-order valence-corrected chi connectivity index (χ1v) is 8.15.